The molecule has 0 spiro atoms. The van der Waals surface area contributed by atoms with Crippen molar-refractivity contribution < 1.29 is 18.7 Å². The highest BCUT2D eigenvalue weighted by atomic mass is 19.3. The van der Waals surface area contributed by atoms with Crippen molar-refractivity contribution >= 4 is 5.91 Å². The Labute approximate surface area is 84.7 Å². The summed E-state index contributed by atoms with van der Waals surface area (Å²) >= 11 is 0. The topological polar surface area (TPSA) is 69.2 Å². The molecule has 1 amide bonds. The van der Waals surface area contributed by atoms with Crippen LogP contribution in [-0.2, 0) is 0 Å². The van der Waals surface area contributed by atoms with Gasteiger partial charge in [-0.3, -0.25) is 9.89 Å². The van der Waals surface area contributed by atoms with Crippen molar-refractivity contribution in [3.63, 3.8) is 0 Å². The predicted octanol–water partition coefficient (Wildman–Crippen LogP) is 0.109. The minimum absolute atomic E-state index is 0.117. The zero-order valence-electron chi connectivity index (χ0n) is 7.86. The van der Waals surface area contributed by atoms with Gasteiger partial charge in [-0.15, -0.1) is 0 Å². The van der Waals surface area contributed by atoms with Crippen LogP contribution in [-0.4, -0.2) is 52.2 Å². The lowest BCUT2D eigenvalue weighted by atomic mass is 10.3. The maximum Gasteiger partial charge on any atom is 0.257 e. The number of aromatic nitrogens is 2. The summed E-state index contributed by atoms with van der Waals surface area (Å²) in [4.78, 5) is 12.4. The molecule has 0 saturated carbocycles. The highest BCUT2D eigenvalue weighted by molar-refractivity contribution is 5.93. The summed E-state index contributed by atoms with van der Waals surface area (Å²) in [6, 6.07) is 0. The van der Waals surface area contributed by atoms with Crippen LogP contribution in [0.4, 0.5) is 8.78 Å². The first-order valence-electron chi connectivity index (χ1n) is 4.32. The van der Waals surface area contributed by atoms with Gasteiger partial charge in [0.25, 0.3) is 12.3 Å². The van der Waals surface area contributed by atoms with Gasteiger partial charge in [-0.2, -0.15) is 5.10 Å². The third-order valence-corrected chi connectivity index (χ3v) is 1.76. The van der Waals surface area contributed by atoms with Gasteiger partial charge in [-0.05, 0) is 0 Å². The molecule has 1 rings (SSSR count). The van der Waals surface area contributed by atoms with E-state index >= 15 is 0 Å². The van der Waals surface area contributed by atoms with Crippen molar-refractivity contribution in [1.82, 2.24) is 15.1 Å². The Kier molecular flexibility index (Phi) is 4.17. The summed E-state index contributed by atoms with van der Waals surface area (Å²) in [5, 5.41) is 14.6. The Morgan fingerprint density at radius 2 is 2.40 bits per heavy atom. The van der Waals surface area contributed by atoms with E-state index in [1.54, 1.807) is 0 Å². The van der Waals surface area contributed by atoms with Crippen molar-refractivity contribution in [2.75, 3.05) is 19.7 Å². The number of amides is 1. The fraction of sp³-hybridized carbons (Fsp3) is 0.500. The monoisotopic (exact) mass is 219 g/mol. The first-order valence-corrected chi connectivity index (χ1v) is 4.32. The molecule has 84 valence electrons. The van der Waals surface area contributed by atoms with E-state index in [0.29, 0.717) is 0 Å². The van der Waals surface area contributed by atoms with E-state index in [4.69, 9.17) is 5.11 Å². The largest absolute Gasteiger partial charge is 0.395 e. The molecule has 0 fully saturated rings. The Balaban J connectivity index is 2.67. The van der Waals surface area contributed by atoms with Crippen molar-refractivity contribution in [3.8, 4) is 0 Å². The van der Waals surface area contributed by atoms with E-state index in [9.17, 15) is 13.6 Å². The van der Waals surface area contributed by atoms with Crippen LogP contribution in [0.5, 0.6) is 0 Å². The van der Waals surface area contributed by atoms with Gasteiger partial charge in [-0.25, -0.2) is 8.78 Å². The van der Waals surface area contributed by atoms with Crippen LogP contribution in [0, 0.1) is 0 Å². The van der Waals surface area contributed by atoms with Gasteiger partial charge in [0, 0.05) is 12.7 Å². The molecule has 5 nitrogen and oxygen atoms in total. The maximum absolute atomic E-state index is 12.1. The Bertz CT molecular complexity index is 303. The number of nitrogens with one attached hydrogen (secondary N) is 1. The molecule has 0 aromatic carbocycles. The molecule has 0 unspecified atom stereocenters. The SMILES string of the molecule is O=C(c1cn[nH]c1)N(CCO)CC(F)F. The lowest BCUT2D eigenvalue weighted by Crippen LogP contribution is -2.37. The predicted molar refractivity (Wildman–Crippen MR) is 47.6 cm³/mol. The van der Waals surface area contributed by atoms with Crippen LogP contribution >= 0.6 is 0 Å². The molecule has 0 bridgehead atoms. The van der Waals surface area contributed by atoms with E-state index in [1.807, 2.05) is 0 Å². The summed E-state index contributed by atoms with van der Waals surface area (Å²) in [5.74, 6) is -0.571. The summed E-state index contributed by atoms with van der Waals surface area (Å²) in [6.07, 6.45) is -0.0523. The zero-order chi connectivity index (χ0) is 11.3. The lowest BCUT2D eigenvalue weighted by Gasteiger charge is -2.20. The molecule has 1 aromatic rings. The number of aliphatic hydroxyl groups is 1. The van der Waals surface area contributed by atoms with E-state index in [-0.39, 0.29) is 18.7 Å². The molecule has 1 heterocycles. The number of hydrogen-bond donors (Lipinski definition) is 2. The number of aromatic amines is 1. The zero-order valence-corrected chi connectivity index (χ0v) is 7.86. The van der Waals surface area contributed by atoms with Gasteiger partial charge in [0.05, 0.1) is 24.9 Å². The van der Waals surface area contributed by atoms with Gasteiger partial charge >= 0.3 is 0 Å². The van der Waals surface area contributed by atoms with E-state index in [2.05, 4.69) is 10.2 Å². The van der Waals surface area contributed by atoms with Crippen molar-refractivity contribution in [3.05, 3.63) is 18.0 Å². The molecule has 1 aromatic heterocycles. The van der Waals surface area contributed by atoms with Crippen LogP contribution in [0.2, 0.25) is 0 Å². The fourth-order valence-electron chi connectivity index (χ4n) is 1.11. The fourth-order valence-corrected chi connectivity index (χ4v) is 1.11. The van der Waals surface area contributed by atoms with Gasteiger partial charge in [0.1, 0.15) is 0 Å². The number of carbonyl (C=O) groups is 1. The van der Waals surface area contributed by atoms with Gasteiger partial charge < -0.3 is 10.0 Å². The number of nitrogens with zero attached hydrogens (tertiary/aromatic N) is 2. The van der Waals surface area contributed by atoms with E-state index in [1.165, 1.54) is 12.4 Å². The van der Waals surface area contributed by atoms with Crippen molar-refractivity contribution in [2.24, 2.45) is 0 Å². The van der Waals surface area contributed by atoms with E-state index in [0.717, 1.165) is 4.90 Å². The Morgan fingerprint density at radius 1 is 1.67 bits per heavy atom. The first-order chi connectivity index (χ1) is 7.15. The van der Waals surface area contributed by atoms with Crippen LogP contribution in [0.3, 0.4) is 0 Å². The average Bonchev–Trinajstić information content (AvgIpc) is 2.68. The second-order valence-corrected chi connectivity index (χ2v) is 2.85. The van der Waals surface area contributed by atoms with Crippen molar-refractivity contribution in [2.45, 2.75) is 6.43 Å². The highest BCUT2D eigenvalue weighted by Gasteiger charge is 2.19. The summed E-state index contributed by atoms with van der Waals surface area (Å²) in [7, 11) is 0. The highest BCUT2D eigenvalue weighted by Crippen LogP contribution is 2.05. The second-order valence-electron chi connectivity index (χ2n) is 2.85. The van der Waals surface area contributed by atoms with Gasteiger partial charge in [-0.1, -0.05) is 0 Å². The van der Waals surface area contributed by atoms with Crippen LogP contribution < -0.4 is 0 Å². The smallest absolute Gasteiger partial charge is 0.257 e. The quantitative estimate of drug-likeness (QED) is 0.738. The molecular formula is C8H11F2N3O2. The number of aliphatic hydroxyl groups excluding tert-OH is 1. The number of hydrogen-bond acceptors (Lipinski definition) is 3. The van der Waals surface area contributed by atoms with E-state index < -0.39 is 18.9 Å². The molecular weight excluding hydrogens is 208 g/mol. The average molecular weight is 219 g/mol. The van der Waals surface area contributed by atoms with Crippen LogP contribution in [0.1, 0.15) is 10.4 Å². The maximum atomic E-state index is 12.1. The number of rotatable bonds is 5. The molecule has 0 saturated heterocycles. The summed E-state index contributed by atoms with van der Waals surface area (Å²) < 4.78 is 24.2. The molecule has 0 radical (unpaired) electrons. The summed E-state index contributed by atoms with van der Waals surface area (Å²) in [6.45, 7) is -1.16. The molecule has 2 N–H and O–H groups in total. The first kappa shape index (κ1) is 11.6. The second kappa shape index (κ2) is 5.40. The van der Waals surface area contributed by atoms with Crippen LogP contribution in [0.25, 0.3) is 0 Å². The minimum atomic E-state index is -2.62. The Hall–Kier alpha value is -1.50. The van der Waals surface area contributed by atoms with Crippen molar-refractivity contribution in [1.29, 1.82) is 0 Å². The molecule has 0 atom stereocenters. The number of H-pyrrole nitrogens is 1. The third kappa shape index (κ3) is 3.28. The van der Waals surface area contributed by atoms with Gasteiger partial charge in [0.15, 0.2) is 0 Å². The molecule has 0 aliphatic carbocycles. The Morgan fingerprint density at radius 3 is 2.87 bits per heavy atom. The number of alkyl halides is 2. The molecule has 0 aliphatic rings. The number of halogens is 2. The molecule has 0 aliphatic heterocycles. The summed E-state index contributed by atoms with van der Waals surface area (Å²) in [5.41, 5.74) is 0.198. The van der Waals surface area contributed by atoms with Crippen LogP contribution in [0.15, 0.2) is 12.4 Å². The lowest BCUT2D eigenvalue weighted by molar-refractivity contribution is 0.0509. The standard InChI is InChI=1S/C8H11F2N3O2/c9-7(10)5-13(1-2-14)8(15)6-3-11-12-4-6/h3-4,7,14H,1-2,5H2,(H,11,12). The number of carbonyl (C=O) groups excluding carboxylic acids is 1. The minimum Gasteiger partial charge on any atom is -0.395 e. The molecule has 15 heavy (non-hydrogen) atoms. The normalized spacial score (nSPS) is 10.7. The third-order valence-electron chi connectivity index (χ3n) is 1.76. The molecule has 7 heteroatoms. The van der Waals surface area contributed by atoms with Gasteiger partial charge in [0.2, 0.25) is 0 Å².